The minimum absolute atomic E-state index is 0.0869. The number of benzene rings is 2. The summed E-state index contributed by atoms with van der Waals surface area (Å²) in [5, 5.41) is 5.81. The maximum absolute atomic E-state index is 13.0. The van der Waals surface area contributed by atoms with Crippen molar-refractivity contribution >= 4 is 40.2 Å². The lowest BCUT2D eigenvalue weighted by atomic mass is 10.2. The number of aromatic nitrogens is 4. The average molecular weight is 498 g/mol. The minimum atomic E-state index is -0.185. The Morgan fingerprint density at radius 3 is 2.76 bits per heavy atom. The average Bonchev–Trinajstić information content (AvgIpc) is 3.31. The molecule has 0 spiro atoms. The van der Waals surface area contributed by atoms with Gasteiger partial charge in [0.1, 0.15) is 0 Å². The molecule has 0 aliphatic heterocycles. The van der Waals surface area contributed by atoms with Crippen molar-refractivity contribution in [3.63, 3.8) is 0 Å². The zero-order chi connectivity index (χ0) is 24.1. The first-order valence-electron chi connectivity index (χ1n) is 10.6. The van der Waals surface area contributed by atoms with Crippen LogP contribution in [0.1, 0.15) is 5.56 Å². The number of hydrogen-bond donors (Lipinski definition) is 0. The van der Waals surface area contributed by atoms with Crippen LogP contribution in [0, 0.1) is 0 Å². The van der Waals surface area contributed by atoms with Gasteiger partial charge in [0.15, 0.2) is 5.16 Å². The zero-order valence-corrected chi connectivity index (χ0v) is 20.4. The van der Waals surface area contributed by atoms with Crippen LogP contribution >= 0.6 is 23.4 Å². The second kappa shape index (κ2) is 10.9. The summed E-state index contributed by atoms with van der Waals surface area (Å²) in [6.45, 7) is 1.11. The fourth-order valence-corrected chi connectivity index (χ4v) is 4.56. The predicted octanol–water partition coefficient (Wildman–Crippen LogP) is 3.63. The molecule has 0 unspecified atom stereocenters. The van der Waals surface area contributed by atoms with Crippen LogP contribution in [0.15, 0.2) is 70.9 Å². The quantitative estimate of drug-likeness (QED) is 0.259. The van der Waals surface area contributed by atoms with Gasteiger partial charge in [0.2, 0.25) is 5.91 Å². The molecule has 4 aromatic rings. The third-order valence-corrected chi connectivity index (χ3v) is 6.42. The summed E-state index contributed by atoms with van der Waals surface area (Å²) in [6.07, 6.45) is 3.66. The zero-order valence-electron chi connectivity index (χ0n) is 18.8. The Kier molecular flexibility index (Phi) is 7.66. The Balaban J connectivity index is 1.47. The van der Waals surface area contributed by atoms with E-state index in [0.717, 1.165) is 11.3 Å². The maximum atomic E-state index is 13.0. The molecule has 0 aliphatic carbocycles. The van der Waals surface area contributed by atoms with Gasteiger partial charge in [-0.15, -0.1) is 0 Å². The lowest BCUT2D eigenvalue weighted by molar-refractivity contribution is -0.127. The van der Waals surface area contributed by atoms with Gasteiger partial charge in [-0.05, 0) is 30.3 Å². The lowest BCUT2D eigenvalue weighted by Crippen LogP contribution is -2.29. The number of rotatable bonds is 9. The normalized spacial score (nSPS) is 11.1. The number of halogens is 1. The van der Waals surface area contributed by atoms with Crippen LogP contribution in [0.5, 0.6) is 0 Å². The highest BCUT2D eigenvalue weighted by molar-refractivity contribution is 7.99. The molecule has 34 heavy (non-hydrogen) atoms. The van der Waals surface area contributed by atoms with E-state index in [9.17, 15) is 9.59 Å². The summed E-state index contributed by atoms with van der Waals surface area (Å²) in [5.41, 5.74) is 2.19. The summed E-state index contributed by atoms with van der Waals surface area (Å²) in [6, 6.07) is 14.8. The van der Waals surface area contributed by atoms with Crippen LogP contribution in [-0.2, 0) is 22.6 Å². The second-order valence-electron chi connectivity index (χ2n) is 7.67. The smallest absolute Gasteiger partial charge is 0.262 e. The Hall–Kier alpha value is -3.14. The van der Waals surface area contributed by atoms with Crippen molar-refractivity contribution in [1.82, 2.24) is 24.2 Å². The molecular weight excluding hydrogens is 474 g/mol. The Morgan fingerprint density at radius 2 is 2.00 bits per heavy atom. The molecule has 176 valence electrons. The first-order valence-corrected chi connectivity index (χ1v) is 12.0. The van der Waals surface area contributed by atoms with E-state index in [-0.39, 0.29) is 17.2 Å². The van der Waals surface area contributed by atoms with Crippen LogP contribution in [0.4, 0.5) is 0 Å². The number of ether oxygens (including phenoxy) is 1. The van der Waals surface area contributed by atoms with Crippen molar-refractivity contribution in [3.05, 3.63) is 81.9 Å². The Labute approximate surface area is 206 Å². The van der Waals surface area contributed by atoms with Gasteiger partial charge >= 0.3 is 0 Å². The number of para-hydroxylation sites is 1. The van der Waals surface area contributed by atoms with Gasteiger partial charge < -0.3 is 9.64 Å². The molecular formula is C24H24ClN5O3S. The van der Waals surface area contributed by atoms with Crippen LogP contribution in [0.25, 0.3) is 16.6 Å². The van der Waals surface area contributed by atoms with E-state index in [0.29, 0.717) is 40.8 Å². The van der Waals surface area contributed by atoms with Crippen molar-refractivity contribution in [3.8, 4) is 5.69 Å². The van der Waals surface area contributed by atoms with E-state index in [2.05, 4.69) is 10.1 Å². The van der Waals surface area contributed by atoms with E-state index in [1.807, 2.05) is 36.5 Å². The third kappa shape index (κ3) is 5.49. The number of methoxy groups -OCH3 is 1. The Bertz CT molecular complexity index is 1360. The third-order valence-electron chi connectivity index (χ3n) is 5.23. The van der Waals surface area contributed by atoms with Gasteiger partial charge in [-0.3, -0.25) is 14.2 Å². The number of thioether (sulfide) groups is 1. The van der Waals surface area contributed by atoms with Gasteiger partial charge in [-0.1, -0.05) is 41.6 Å². The van der Waals surface area contributed by atoms with E-state index in [1.165, 1.54) is 11.8 Å². The van der Waals surface area contributed by atoms with Crippen molar-refractivity contribution in [2.24, 2.45) is 0 Å². The standard InChI is InChI=1S/C24H24ClN5O3S/c1-28(14-17-13-26-30(15-17)19-6-4-3-5-7-19)22(31)16-34-24-27-21-12-18(25)8-9-20(21)23(32)29(24)10-11-33-2/h3-9,12-13,15H,10-11,14,16H2,1-2H3. The van der Waals surface area contributed by atoms with Gasteiger partial charge in [0.05, 0.1) is 41.7 Å². The highest BCUT2D eigenvalue weighted by atomic mass is 35.5. The lowest BCUT2D eigenvalue weighted by Gasteiger charge is -2.17. The summed E-state index contributed by atoms with van der Waals surface area (Å²) in [4.78, 5) is 32.1. The SMILES string of the molecule is COCCn1c(SCC(=O)N(C)Cc2cnn(-c3ccccc3)c2)nc2cc(Cl)ccc2c1=O. The molecule has 0 atom stereocenters. The fourth-order valence-electron chi connectivity index (χ4n) is 3.43. The van der Waals surface area contributed by atoms with E-state index in [4.69, 9.17) is 16.3 Å². The largest absolute Gasteiger partial charge is 0.383 e. The second-order valence-corrected chi connectivity index (χ2v) is 9.05. The van der Waals surface area contributed by atoms with Crippen LogP contribution in [-0.4, -0.2) is 56.7 Å². The van der Waals surface area contributed by atoms with Gasteiger partial charge in [0.25, 0.3) is 5.56 Å². The molecule has 0 radical (unpaired) electrons. The van der Waals surface area contributed by atoms with E-state index >= 15 is 0 Å². The number of fused-ring (bicyclic) bond motifs is 1. The summed E-state index contributed by atoms with van der Waals surface area (Å²) in [5.74, 6) is 0.0469. The predicted molar refractivity (Wildman–Crippen MR) is 134 cm³/mol. The minimum Gasteiger partial charge on any atom is -0.383 e. The molecule has 0 aliphatic rings. The van der Waals surface area contributed by atoms with Gasteiger partial charge in [-0.25, -0.2) is 9.67 Å². The molecule has 2 aromatic heterocycles. The molecule has 2 aromatic carbocycles. The molecule has 0 fully saturated rings. The number of amides is 1. The van der Waals surface area contributed by atoms with Gasteiger partial charge in [-0.2, -0.15) is 5.10 Å². The molecule has 0 N–H and O–H groups in total. The number of carbonyl (C=O) groups excluding carboxylic acids is 1. The first kappa shape index (κ1) is 24.0. The molecule has 8 nitrogen and oxygen atoms in total. The fraction of sp³-hybridized carbons (Fsp3) is 0.250. The van der Waals surface area contributed by atoms with E-state index in [1.54, 1.807) is 52.7 Å². The molecule has 2 heterocycles. The van der Waals surface area contributed by atoms with Crippen molar-refractivity contribution in [2.45, 2.75) is 18.2 Å². The molecule has 0 saturated heterocycles. The molecule has 10 heteroatoms. The summed E-state index contributed by atoms with van der Waals surface area (Å²) >= 11 is 7.31. The van der Waals surface area contributed by atoms with Crippen LogP contribution in [0.3, 0.4) is 0 Å². The summed E-state index contributed by atoms with van der Waals surface area (Å²) < 4.78 is 8.47. The molecule has 0 bridgehead atoms. The topological polar surface area (TPSA) is 82.2 Å². The first-order chi connectivity index (χ1) is 16.5. The molecule has 0 saturated carbocycles. The monoisotopic (exact) mass is 497 g/mol. The van der Waals surface area contributed by atoms with Gasteiger partial charge in [0, 0.05) is 37.5 Å². The van der Waals surface area contributed by atoms with Crippen molar-refractivity contribution in [1.29, 1.82) is 0 Å². The van der Waals surface area contributed by atoms with E-state index < -0.39 is 0 Å². The number of nitrogens with zero attached hydrogens (tertiary/aromatic N) is 5. The highest BCUT2D eigenvalue weighted by Gasteiger charge is 2.16. The van der Waals surface area contributed by atoms with Crippen molar-refractivity contribution in [2.75, 3.05) is 26.5 Å². The highest BCUT2D eigenvalue weighted by Crippen LogP contribution is 2.21. The van der Waals surface area contributed by atoms with Crippen molar-refractivity contribution < 1.29 is 9.53 Å². The van der Waals surface area contributed by atoms with Crippen LogP contribution in [0.2, 0.25) is 5.02 Å². The summed E-state index contributed by atoms with van der Waals surface area (Å²) in [7, 11) is 3.32. The maximum Gasteiger partial charge on any atom is 0.262 e. The molecule has 4 rings (SSSR count). The van der Waals surface area contributed by atoms with Crippen LogP contribution < -0.4 is 5.56 Å². The Morgan fingerprint density at radius 1 is 1.21 bits per heavy atom. The number of hydrogen-bond acceptors (Lipinski definition) is 6. The molecule has 1 amide bonds. The number of carbonyl (C=O) groups is 1.